The molecule has 1 aliphatic heterocycles. The van der Waals surface area contributed by atoms with Crippen LogP contribution in [0.5, 0.6) is 5.75 Å². The zero-order chi connectivity index (χ0) is 17.9. The van der Waals surface area contributed by atoms with Crippen molar-refractivity contribution in [1.29, 1.82) is 0 Å². The van der Waals surface area contributed by atoms with Crippen molar-refractivity contribution in [2.24, 2.45) is 5.73 Å². The van der Waals surface area contributed by atoms with Crippen LogP contribution < -0.4 is 10.5 Å². The first-order valence-corrected chi connectivity index (χ1v) is 10.3. The van der Waals surface area contributed by atoms with Crippen LogP contribution in [-0.2, 0) is 16.6 Å². The van der Waals surface area contributed by atoms with Crippen molar-refractivity contribution in [3.8, 4) is 5.75 Å². The molecule has 0 saturated carbocycles. The van der Waals surface area contributed by atoms with Gasteiger partial charge in [-0.1, -0.05) is 42.5 Å². The van der Waals surface area contributed by atoms with Crippen LogP contribution in [0.25, 0.3) is 0 Å². The molecule has 3 rings (SSSR count). The maximum absolute atomic E-state index is 12.1. The molecule has 1 fully saturated rings. The zero-order valence-corrected chi connectivity index (χ0v) is 15.2. The Morgan fingerprint density at radius 3 is 2.36 bits per heavy atom. The molecule has 2 aromatic carbocycles. The quantitative estimate of drug-likeness (QED) is 0.888. The summed E-state index contributed by atoms with van der Waals surface area (Å²) in [6, 6.07) is 17.7. The Morgan fingerprint density at radius 1 is 1.08 bits per heavy atom. The lowest BCUT2D eigenvalue weighted by Gasteiger charge is -2.36. The number of hydrogen-bond acceptors (Lipinski definition) is 4. The number of piperidine rings is 1. The van der Waals surface area contributed by atoms with Gasteiger partial charge in [0.2, 0.25) is 10.0 Å². The Balaban J connectivity index is 1.79. The van der Waals surface area contributed by atoms with Crippen molar-refractivity contribution >= 4 is 10.0 Å². The molecule has 2 aromatic rings. The molecule has 6 heteroatoms. The van der Waals surface area contributed by atoms with Crippen LogP contribution in [0.15, 0.2) is 54.6 Å². The van der Waals surface area contributed by atoms with Crippen LogP contribution in [0.2, 0.25) is 0 Å². The smallest absolute Gasteiger partial charge is 0.211 e. The maximum Gasteiger partial charge on any atom is 0.211 e. The van der Waals surface area contributed by atoms with Gasteiger partial charge in [-0.3, -0.25) is 0 Å². The minimum atomic E-state index is -3.27. The Kier molecular flexibility index (Phi) is 5.42. The van der Waals surface area contributed by atoms with E-state index in [0.29, 0.717) is 19.6 Å². The minimum absolute atomic E-state index is 0.123. The molecule has 134 valence electrons. The Bertz CT molecular complexity index is 791. The third-order valence-corrected chi connectivity index (χ3v) is 5.82. The van der Waals surface area contributed by atoms with E-state index in [4.69, 9.17) is 10.5 Å². The molecular weight excluding hydrogens is 336 g/mol. The molecule has 5 nitrogen and oxygen atoms in total. The predicted molar refractivity (Wildman–Crippen MR) is 99.0 cm³/mol. The first-order valence-electron chi connectivity index (χ1n) is 8.41. The van der Waals surface area contributed by atoms with E-state index in [-0.39, 0.29) is 12.0 Å². The van der Waals surface area contributed by atoms with Gasteiger partial charge in [0.15, 0.2) is 0 Å². The fraction of sp³-hybridized carbons (Fsp3) is 0.368. The van der Waals surface area contributed by atoms with Crippen molar-refractivity contribution in [2.45, 2.75) is 25.0 Å². The standard InChI is InChI=1S/C19H24N2O3S/c1-25(22,23)21-13-17(16-5-3-2-4-6-16)11-19(14-21)24-18-9-7-15(12-20)8-10-18/h2-10,17,19H,11-14,20H2,1H3/t17-,19+/m1/s1. The van der Waals surface area contributed by atoms with Crippen LogP contribution in [0.1, 0.15) is 23.5 Å². The average Bonchev–Trinajstić information content (AvgIpc) is 2.62. The third kappa shape index (κ3) is 4.60. The van der Waals surface area contributed by atoms with Gasteiger partial charge in [0.05, 0.1) is 12.8 Å². The molecule has 25 heavy (non-hydrogen) atoms. The normalized spacial score (nSPS) is 21.8. The van der Waals surface area contributed by atoms with E-state index in [0.717, 1.165) is 23.3 Å². The van der Waals surface area contributed by atoms with E-state index < -0.39 is 10.0 Å². The summed E-state index contributed by atoms with van der Waals surface area (Å²) < 4.78 is 31.8. The molecule has 0 amide bonds. The lowest BCUT2D eigenvalue weighted by Crippen LogP contribution is -2.47. The van der Waals surface area contributed by atoms with Crippen LogP contribution in [-0.4, -0.2) is 38.2 Å². The van der Waals surface area contributed by atoms with Crippen molar-refractivity contribution in [3.63, 3.8) is 0 Å². The molecule has 0 radical (unpaired) electrons. The summed E-state index contributed by atoms with van der Waals surface area (Å²) >= 11 is 0. The summed E-state index contributed by atoms with van der Waals surface area (Å²) in [6.45, 7) is 1.36. The number of ether oxygens (including phenoxy) is 1. The fourth-order valence-corrected chi connectivity index (χ4v) is 4.12. The SMILES string of the molecule is CS(=O)(=O)N1C[C@@H](Oc2ccc(CN)cc2)C[C@@H](c2ccccc2)C1. The maximum atomic E-state index is 12.1. The topological polar surface area (TPSA) is 72.6 Å². The third-order valence-electron chi connectivity index (χ3n) is 4.58. The van der Waals surface area contributed by atoms with E-state index in [1.54, 1.807) is 0 Å². The second kappa shape index (κ2) is 7.56. The van der Waals surface area contributed by atoms with Gasteiger partial charge < -0.3 is 10.5 Å². The summed E-state index contributed by atoms with van der Waals surface area (Å²) in [6.07, 6.45) is 1.86. The van der Waals surface area contributed by atoms with Crippen molar-refractivity contribution < 1.29 is 13.2 Å². The van der Waals surface area contributed by atoms with Crippen LogP contribution in [0.3, 0.4) is 0 Å². The lowest BCUT2D eigenvalue weighted by molar-refractivity contribution is 0.117. The molecule has 0 bridgehead atoms. The van der Waals surface area contributed by atoms with E-state index in [1.165, 1.54) is 10.6 Å². The molecule has 1 saturated heterocycles. The highest BCUT2D eigenvalue weighted by Gasteiger charge is 2.33. The zero-order valence-electron chi connectivity index (χ0n) is 14.3. The van der Waals surface area contributed by atoms with Gasteiger partial charge in [0.25, 0.3) is 0 Å². The number of nitrogens with two attached hydrogens (primary N) is 1. The second-order valence-electron chi connectivity index (χ2n) is 6.51. The summed E-state index contributed by atoms with van der Waals surface area (Å²) in [4.78, 5) is 0. The lowest BCUT2D eigenvalue weighted by atomic mass is 9.90. The highest BCUT2D eigenvalue weighted by Crippen LogP contribution is 2.30. The van der Waals surface area contributed by atoms with Crippen molar-refractivity contribution in [3.05, 3.63) is 65.7 Å². The van der Waals surface area contributed by atoms with Crippen LogP contribution >= 0.6 is 0 Å². The van der Waals surface area contributed by atoms with Crippen LogP contribution in [0.4, 0.5) is 0 Å². The van der Waals surface area contributed by atoms with Crippen LogP contribution in [0, 0.1) is 0 Å². The highest BCUT2D eigenvalue weighted by atomic mass is 32.2. The summed E-state index contributed by atoms with van der Waals surface area (Å²) in [7, 11) is -3.27. The number of rotatable bonds is 5. The molecule has 0 aromatic heterocycles. The minimum Gasteiger partial charge on any atom is -0.489 e. The number of benzene rings is 2. The predicted octanol–water partition coefficient (Wildman–Crippen LogP) is 2.34. The molecule has 1 heterocycles. The molecule has 2 N–H and O–H groups in total. The van der Waals surface area contributed by atoms with Gasteiger partial charge in [-0.15, -0.1) is 0 Å². The number of sulfonamides is 1. The van der Waals surface area contributed by atoms with Gasteiger partial charge in [0, 0.05) is 19.0 Å². The second-order valence-corrected chi connectivity index (χ2v) is 8.49. The molecule has 2 atom stereocenters. The Labute approximate surface area is 149 Å². The van der Waals surface area contributed by atoms with E-state index >= 15 is 0 Å². The first kappa shape index (κ1) is 17.9. The summed E-state index contributed by atoms with van der Waals surface area (Å²) in [5.74, 6) is 0.863. The van der Waals surface area contributed by atoms with E-state index in [1.807, 2.05) is 54.6 Å². The van der Waals surface area contributed by atoms with Crippen molar-refractivity contribution in [2.75, 3.05) is 19.3 Å². The van der Waals surface area contributed by atoms with E-state index in [2.05, 4.69) is 0 Å². The molecular formula is C19H24N2O3S. The number of nitrogens with zero attached hydrogens (tertiary/aromatic N) is 1. The highest BCUT2D eigenvalue weighted by molar-refractivity contribution is 7.88. The Morgan fingerprint density at radius 2 is 1.76 bits per heavy atom. The summed E-state index contributed by atoms with van der Waals surface area (Å²) in [5, 5.41) is 0. The van der Waals surface area contributed by atoms with Gasteiger partial charge >= 0.3 is 0 Å². The monoisotopic (exact) mass is 360 g/mol. The average molecular weight is 360 g/mol. The van der Waals surface area contributed by atoms with Gasteiger partial charge in [0.1, 0.15) is 11.9 Å². The largest absolute Gasteiger partial charge is 0.489 e. The van der Waals surface area contributed by atoms with E-state index in [9.17, 15) is 8.42 Å². The van der Waals surface area contributed by atoms with Gasteiger partial charge in [-0.25, -0.2) is 8.42 Å². The first-order chi connectivity index (χ1) is 12.0. The molecule has 0 unspecified atom stereocenters. The number of hydrogen-bond donors (Lipinski definition) is 1. The van der Waals surface area contributed by atoms with Gasteiger partial charge in [-0.2, -0.15) is 4.31 Å². The molecule has 1 aliphatic rings. The molecule has 0 aliphatic carbocycles. The van der Waals surface area contributed by atoms with Crippen molar-refractivity contribution in [1.82, 2.24) is 4.31 Å². The molecule has 0 spiro atoms. The summed E-state index contributed by atoms with van der Waals surface area (Å²) in [5.41, 5.74) is 7.80. The van der Waals surface area contributed by atoms with Gasteiger partial charge in [-0.05, 0) is 29.7 Å². The Hall–Kier alpha value is -1.89. The fourth-order valence-electron chi connectivity index (χ4n) is 3.23.